The molecule has 1 fully saturated rings. The quantitative estimate of drug-likeness (QED) is 0.722. The molecule has 8 heteroatoms. The second-order valence-corrected chi connectivity index (χ2v) is 7.27. The molecule has 1 saturated heterocycles. The van der Waals surface area contributed by atoms with Gasteiger partial charge in [-0.1, -0.05) is 24.3 Å². The number of ether oxygens (including phenoxy) is 3. The van der Waals surface area contributed by atoms with Gasteiger partial charge in [-0.2, -0.15) is 0 Å². The maximum atomic E-state index is 13.0. The number of fused-ring (bicyclic) bond motifs is 1. The molecule has 2 heterocycles. The van der Waals surface area contributed by atoms with Gasteiger partial charge in [0.2, 0.25) is 6.79 Å². The maximum absolute atomic E-state index is 13.0. The minimum Gasteiger partial charge on any atom is -0.491 e. The number of urea groups is 1. The summed E-state index contributed by atoms with van der Waals surface area (Å²) >= 11 is 0. The Morgan fingerprint density at radius 3 is 2.76 bits per heavy atom. The summed E-state index contributed by atoms with van der Waals surface area (Å²) in [6, 6.07) is 12.0. The molecule has 2 N–H and O–H groups in total. The molecule has 2 aromatic rings. The standard InChI is InChI=1S/C21H22N2O6/c1-13-5-3-4-6-16(13)27-11-15(24)10-23-19(25)21(2,22-20(23)26)14-7-8-17-18(9-14)29-12-28-17/h3-9,15,24H,10-12H2,1-2H3,(H,22,26)/t15-,21+/m1/s1. The van der Waals surface area contributed by atoms with E-state index in [9.17, 15) is 14.7 Å². The minimum absolute atomic E-state index is 0.0390. The zero-order valence-corrected chi connectivity index (χ0v) is 16.2. The Balaban J connectivity index is 1.44. The molecule has 2 aromatic carbocycles. The number of carbonyl (C=O) groups is 2. The van der Waals surface area contributed by atoms with Crippen molar-refractivity contribution in [1.82, 2.24) is 10.2 Å². The van der Waals surface area contributed by atoms with E-state index in [-0.39, 0.29) is 19.9 Å². The first-order valence-electron chi connectivity index (χ1n) is 9.29. The van der Waals surface area contributed by atoms with Gasteiger partial charge >= 0.3 is 6.03 Å². The molecule has 8 nitrogen and oxygen atoms in total. The molecule has 29 heavy (non-hydrogen) atoms. The average molecular weight is 398 g/mol. The van der Waals surface area contributed by atoms with E-state index >= 15 is 0 Å². The fraction of sp³-hybridized carbons (Fsp3) is 0.333. The number of aliphatic hydroxyl groups is 1. The van der Waals surface area contributed by atoms with Gasteiger partial charge in [0.15, 0.2) is 11.5 Å². The number of amides is 3. The predicted octanol–water partition coefficient (Wildman–Crippen LogP) is 1.93. The number of benzene rings is 2. The second-order valence-electron chi connectivity index (χ2n) is 7.27. The highest BCUT2D eigenvalue weighted by molar-refractivity contribution is 6.07. The lowest BCUT2D eigenvalue weighted by molar-refractivity contribution is -0.132. The van der Waals surface area contributed by atoms with Crippen LogP contribution < -0.4 is 19.5 Å². The van der Waals surface area contributed by atoms with E-state index in [1.807, 2.05) is 25.1 Å². The smallest absolute Gasteiger partial charge is 0.325 e. The summed E-state index contributed by atoms with van der Waals surface area (Å²) < 4.78 is 16.3. The predicted molar refractivity (Wildman–Crippen MR) is 103 cm³/mol. The Kier molecular flexibility index (Phi) is 4.79. The third-order valence-corrected chi connectivity index (χ3v) is 5.14. The van der Waals surface area contributed by atoms with Crippen LogP contribution in [0, 0.1) is 6.92 Å². The van der Waals surface area contributed by atoms with Crippen LogP contribution in [0.2, 0.25) is 0 Å². The van der Waals surface area contributed by atoms with Gasteiger partial charge in [0.05, 0.1) is 6.54 Å². The number of β-amino-alcohol motifs (C(OH)–C–C–N with tert-alkyl or cyclic N) is 1. The molecule has 0 bridgehead atoms. The van der Waals surface area contributed by atoms with E-state index in [1.165, 1.54) is 0 Å². The molecule has 0 radical (unpaired) electrons. The van der Waals surface area contributed by atoms with Crippen LogP contribution in [0.4, 0.5) is 4.79 Å². The molecular weight excluding hydrogens is 376 g/mol. The highest BCUT2D eigenvalue weighted by Gasteiger charge is 2.49. The normalized spacial score (nSPS) is 21.3. The number of hydrogen-bond donors (Lipinski definition) is 2. The fourth-order valence-corrected chi connectivity index (χ4v) is 3.43. The van der Waals surface area contributed by atoms with Crippen molar-refractivity contribution in [2.45, 2.75) is 25.5 Å². The SMILES string of the molecule is Cc1ccccc1OC[C@H](O)CN1C(=O)N[C@@](C)(c2ccc3c(c2)OCO3)C1=O. The summed E-state index contributed by atoms with van der Waals surface area (Å²) in [5.74, 6) is 1.32. The number of nitrogens with zero attached hydrogens (tertiary/aromatic N) is 1. The van der Waals surface area contributed by atoms with Crippen molar-refractivity contribution in [2.75, 3.05) is 19.9 Å². The molecule has 4 rings (SSSR count). The lowest BCUT2D eigenvalue weighted by Crippen LogP contribution is -2.42. The molecule has 0 spiro atoms. The van der Waals surface area contributed by atoms with Crippen LogP contribution in [-0.2, 0) is 10.3 Å². The number of hydrogen-bond acceptors (Lipinski definition) is 6. The van der Waals surface area contributed by atoms with E-state index in [4.69, 9.17) is 14.2 Å². The summed E-state index contributed by atoms with van der Waals surface area (Å²) in [4.78, 5) is 26.5. The largest absolute Gasteiger partial charge is 0.491 e. The van der Waals surface area contributed by atoms with Gasteiger partial charge in [0.1, 0.15) is 24.0 Å². The molecule has 2 aliphatic rings. The van der Waals surface area contributed by atoms with Crippen molar-refractivity contribution in [3.8, 4) is 17.2 Å². The van der Waals surface area contributed by atoms with Gasteiger partial charge < -0.3 is 24.6 Å². The van der Waals surface area contributed by atoms with Crippen LogP contribution in [-0.4, -0.2) is 48.0 Å². The number of aryl methyl sites for hydroxylation is 1. The third kappa shape index (κ3) is 3.47. The molecule has 0 unspecified atom stereocenters. The van der Waals surface area contributed by atoms with E-state index in [0.717, 1.165) is 10.5 Å². The van der Waals surface area contributed by atoms with Crippen molar-refractivity contribution < 1.29 is 28.9 Å². The summed E-state index contributed by atoms with van der Waals surface area (Å²) in [6.07, 6.45) is -1.02. The number of imide groups is 1. The van der Waals surface area contributed by atoms with Crippen LogP contribution in [0.3, 0.4) is 0 Å². The van der Waals surface area contributed by atoms with Crippen molar-refractivity contribution >= 4 is 11.9 Å². The van der Waals surface area contributed by atoms with Crippen molar-refractivity contribution in [2.24, 2.45) is 0 Å². The van der Waals surface area contributed by atoms with Gasteiger partial charge in [-0.05, 0) is 43.2 Å². The Hall–Kier alpha value is -3.26. The van der Waals surface area contributed by atoms with Gasteiger partial charge in [0.25, 0.3) is 5.91 Å². The van der Waals surface area contributed by atoms with Crippen molar-refractivity contribution in [1.29, 1.82) is 0 Å². The molecule has 0 saturated carbocycles. The zero-order chi connectivity index (χ0) is 20.6. The summed E-state index contributed by atoms with van der Waals surface area (Å²) in [7, 11) is 0. The van der Waals surface area contributed by atoms with Gasteiger partial charge in [0, 0.05) is 0 Å². The molecular formula is C21H22N2O6. The molecule has 3 amide bonds. The van der Waals surface area contributed by atoms with E-state index < -0.39 is 23.6 Å². The Labute approximate surface area is 168 Å². The first kappa shape index (κ1) is 19.1. The number of nitrogens with one attached hydrogen (secondary N) is 1. The second kappa shape index (κ2) is 7.29. The van der Waals surface area contributed by atoms with Crippen LogP contribution >= 0.6 is 0 Å². The van der Waals surface area contributed by atoms with Crippen LogP contribution in [0.25, 0.3) is 0 Å². The zero-order valence-electron chi connectivity index (χ0n) is 16.2. The minimum atomic E-state index is -1.26. The fourth-order valence-electron chi connectivity index (χ4n) is 3.43. The summed E-state index contributed by atoms with van der Waals surface area (Å²) in [5.41, 5.74) is 0.257. The number of aliphatic hydroxyl groups excluding tert-OH is 1. The summed E-state index contributed by atoms with van der Waals surface area (Å²) in [5, 5.41) is 13.0. The highest BCUT2D eigenvalue weighted by Crippen LogP contribution is 2.37. The van der Waals surface area contributed by atoms with Crippen LogP contribution in [0.1, 0.15) is 18.1 Å². The number of para-hydroxylation sites is 1. The highest BCUT2D eigenvalue weighted by atomic mass is 16.7. The van der Waals surface area contributed by atoms with Crippen molar-refractivity contribution in [3.05, 3.63) is 53.6 Å². The van der Waals surface area contributed by atoms with Gasteiger partial charge in [-0.15, -0.1) is 0 Å². The molecule has 0 aromatic heterocycles. The number of carbonyl (C=O) groups excluding carboxylic acids is 2. The topological polar surface area (TPSA) is 97.3 Å². The van der Waals surface area contributed by atoms with Gasteiger partial charge in [-0.25, -0.2) is 4.79 Å². The average Bonchev–Trinajstić information content (AvgIpc) is 3.26. The Morgan fingerprint density at radius 2 is 1.97 bits per heavy atom. The Morgan fingerprint density at radius 1 is 1.21 bits per heavy atom. The molecule has 2 aliphatic heterocycles. The summed E-state index contributed by atoms with van der Waals surface area (Å²) in [6.45, 7) is 3.44. The van der Waals surface area contributed by atoms with Crippen LogP contribution in [0.5, 0.6) is 17.2 Å². The maximum Gasteiger partial charge on any atom is 0.325 e. The van der Waals surface area contributed by atoms with Gasteiger partial charge in [-0.3, -0.25) is 9.69 Å². The first-order chi connectivity index (χ1) is 13.9. The monoisotopic (exact) mass is 398 g/mol. The number of rotatable bonds is 6. The Bertz CT molecular complexity index is 962. The van der Waals surface area contributed by atoms with E-state index in [2.05, 4.69) is 5.32 Å². The third-order valence-electron chi connectivity index (χ3n) is 5.14. The lowest BCUT2D eigenvalue weighted by atomic mass is 9.91. The van der Waals surface area contributed by atoms with E-state index in [1.54, 1.807) is 31.2 Å². The van der Waals surface area contributed by atoms with Crippen molar-refractivity contribution in [3.63, 3.8) is 0 Å². The molecule has 0 aliphatic carbocycles. The first-order valence-corrected chi connectivity index (χ1v) is 9.29. The molecule has 152 valence electrons. The lowest BCUT2D eigenvalue weighted by Gasteiger charge is -2.23. The molecule has 2 atom stereocenters. The van der Waals surface area contributed by atoms with E-state index in [0.29, 0.717) is 22.8 Å². The van der Waals surface area contributed by atoms with Crippen LogP contribution in [0.15, 0.2) is 42.5 Å².